The number of nitrogens with zero attached hydrogens (tertiary/aromatic N) is 2. The number of rotatable bonds is 4. The lowest BCUT2D eigenvalue weighted by molar-refractivity contribution is -0.115. The zero-order valence-electron chi connectivity index (χ0n) is 15.2. The van der Waals surface area contributed by atoms with Gasteiger partial charge < -0.3 is 14.8 Å². The maximum Gasteiger partial charge on any atom is 0.231 e. The van der Waals surface area contributed by atoms with Gasteiger partial charge in [-0.2, -0.15) is 5.10 Å². The molecule has 0 aliphatic carbocycles. The van der Waals surface area contributed by atoms with Gasteiger partial charge in [-0.1, -0.05) is 0 Å². The van der Waals surface area contributed by atoms with Crippen molar-refractivity contribution in [3.63, 3.8) is 0 Å². The second-order valence-corrected chi connectivity index (χ2v) is 9.17. The van der Waals surface area contributed by atoms with E-state index >= 15 is 0 Å². The van der Waals surface area contributed by atoms with Crippen LogP contribution in [0.4, 0.5) is 5.69 Å². The summed E-state index contributed by atoms with van der Waals surface area (Å²) in [7, 11) is -2.99. The maximum absolute atomic E-state index is 12.5. The summed E-state index contributed by atoms with van der Waals surface area (Å²) in [6, 6.07) is 5.09. The van der Waals surface area contributed by atoms with E-state index in [4.69, 9.17) is 9.47 Å². The molecule has 0 saturated carbocycles. The fourth-order valence-electron chi connectivity index (χ4n) is 3.62. The molecular weight excluding hydrogens is 370 g/mol. The number of carbonyl (C=O) groups excluding carboxylic acids is 1. The van der Waals surface area contributed by atoms with E-state index in [1.54, 1.807) is 22.9 Å². The molecule has 1 aromatic carbocycles. The van der Waals surface area contributed by atoms with E-state index in [0.717, 1.165) is 17.0 Å². The third-order valence-electron chi connectivity index (χ3n) is 5.02. The summed E-state index contributed by atoms with van der Waals surface area (Å²) in [5.74, 6) is 1.40. The highest BCUT2D eigenvalue weighted by atomic mass is 32.2. The van der Waals surface area contributed by atoms with Crippen LogP contribution in [-0.2, 0) is 21.1 Å². The number of ether oxygens (including phenoxy) is 2. The molecule has 8 nitrogen and oxygen atoms in total. The van der Waals surface area contributed by atoms with Gasteiger partial charge in [0.05, 0.1) is 29.7 Å². The fourth-order valence-corrected chi connectivity index (χ4v) is 5.31. The van der Waals surface area contributed by atoms with Gasteiger partial charge in [-0.05, 0) is 32.4 Å². The molecule has 1 aromatic heterocycles. The lowest BCUT2D eigenvalue weighted by Gasteiger charge is -2.11. The van der Waals surface area contributed by atoms with Gasteiger partial charge >= 0.3 is 0 Å². The largest absolute Gasteiger partial charge is 0.454 e. The molecule has 0 bridgehead atoms. The Morgan fingerprint density at radius 3 is 2.81 bits per heavy atom. The quantitative estimate of drug-likeness (QED) is 0.853. The normalized spacial score (nSPS) is 20.0. The molecule has 144 valence electrons. The van der Waals surface area contributed by atoms with Crippen molar-refractivity contribution < 1.29 is 22.7 Å². The maximum atomic E-state index is 12.5. The number of sulfone groups is 1. The first-order valence-electron chi connectivity index (χ1n) is 8.77. The van der Waals surface area contributed by atoms with Gasteiger partial charge in [-0.25, -0.2) is 8.42 Å². The number of hydrogen-bond donors (Lipinski definition) is 1. The van der Waals surface area contributed by atoms with Gasteiger partial charge in [0.2, 0.25) is 12.7 Å². The fraction of sp³-hybridized carbons (Fsp3) is 0.444. The number of anilines is 1. The first-order chi connectivity index (χ1) is 12.8. The Morgan fingerprint density at radius 2 is 2.07 bits per heavy atom. The number of benzene rings is 1. The van der Waals surface area contributed by atoms with Gasteiger partial charge in [-0.15, -0.1) is 0 Å². The monoisotopic (exact) mass is 391 g/mol. The van der Waals surface area contributed by atoms with Crippen LogP contribution in [0, 0.1) is 13.8 Å². The predicted octanol–water partition coefficient (Wildman–Crippen LogP) is 1.77. The van der Waals surface area contributed by atoms with Crippen molar-refractivity contribution in [1.82, 2.24) is 9.78 Å². The number of hydrogen-bond acceptors (Lipinski definition) is 6. The third-order valence-corrected chi connectivity index (χ3v) is 6.77. The van der Waals surface area contributed by atoms with Gasteiger partial charge in [0.1, 0.15) is 0 Å². The van der Waals surface area contributed by atoms with Crippen LogP contribution in [0.5, 0.6) is 11.5 Å². The standard InChI is InChI=1S/C18H21N3O5S/c1-11-15(12(2)21(20-11)14-5-6-27(23,24)9-14)8-18(22)19-13-3-4-16-17(7-13)26-10-25-16/h3-4,7,14H,5-6,8-10H2,1-2H3,(H,19,22). The second-order valence-electron chi connectivity index (χ2n) is 6.94. The van der Waals surface area contributed by atoms with Crippen LogP contribution in [0.1, 0.15) is 29.4 Å². The highest BCUT2D eigenvalue weighted by Crippen LogP contribution is 2.34. The van der Waals surface area contributed by atoms with E-state index in [1.165, 1.54) is 0 Å². The lowest BCUT2D eigenvalue weighted by atomic mass is 10.1. The van der Waals surface area contributed by atoms with Gasteiger partial charge in [0.25, 0.3) is 0 Å². The van der Waals surface area contributed by atoms with Gasteiger partial charge in [0.15, 0.2) is 21.3 Å². The van der Waals surface area contributed by atoms with Crippen molar-refractivity contribution in [2.45, 2.75) is 32.7 Å². The molecule has 1 unspecified atom stereocenters. The number of carbonyl (C=O) groups is 1. The minimum absolute atomic E-state index is 0.109. The van der Waals surface area contributed by atoms with Crippen LogP contribution in [-0.4, -0.2) is 42.4 Å². The topological polar surface area (TPSA) is 99.5 Å². The lowest BCUT2D eigenvalue weighted by Crippen LogP contribution is -2.16. The predicted molar refractivity (Wildman–Crippen MR) is 98.9 cm³/mol. The average Bonchev–Trinajstić information content (AvgIpc) is 3.28. The highest BCUT2D eigenvalue weighted by molar-refractivity contribution is 7.91. The number of nitrogens with one attached hydrogen (secondary N) is 1. The molecule has 0 radical (unpaired) electrons. The summed E-state index contributed by atoms with van der Waals surface area (Å²) in [5.41, 5.74) is 3.06. The van der Waals surface area contributed by atoms with Crippen LogP contribution in [0.15, 0.2) is 18.2 Å². The molecule has 1 saturated heterocycles. The molecule has 3 heterocycles. The van der Waals surface area contributed by atoms with Crippen LogP contribution in [0.25, 0.3) is 0 Å². The molecule has 2 aliphatic rings. The number of aryl methyl sites for hydroxylation is 1. The Morgan fingerprint density at radius 1 is 1.30 bits per heavy atom. The van der Waals surface area contributed by atoms with E-state index in [0.29, 0.717) is 23.6 Å². The van der Waals surface area contributed by atoms with Crippen molar-refractivity contribution in [1.29, 1.82) is 0 Å². The highest BCUT2D eigenvalue weighted by Gasteiger charge is 2.31. The number of aromatic nitrogens is 2. The van der Waals surface area contributed by atoms with Crippen LogP contribution in [0.2, 0.25) is 0 Å². The summed E-state index contributed by atoms with van der Waals surface area (Å²) in [4.78, 5) is 12.5. The van der Waals surface area contributed by atoms with E-state index in [9.17, 15) is 13.2 Å². The number of amides is 1. The van der Waals surface area contributed by atoms with E-state index < -0.39 is 9.84 Å². The smallest absolute Gasteiger partial charge is 0.231 e. The Bertz CT molecular complexity index is 1010. The van der Waals surface area contributed by atoms with Gasteiger partial charge in [0, 0.05) is 23.0 Å². The summed E-state index contributed by atoms with van der Waals surface area (Å²) in [6.45, 7) is 3.91. The molecular formula is C18H21N3O5S. The average molecular weight is 391 g/mol. The van der Waals surface area contributed by atoms with Crippen LogP contribution in [0.3, 0.4) is 0 Å². The number of fused-ring (bicyclic) bond motifs is 1. The molecule has 2 aromatic rings. The molecule has 1 amide bonds. The van der Waals surface area contributed by atoms with Crippen LogP contribution >= 0.6 is 0 Å². The third kappa shape index (κ3) is 3.51. The summed E-state index contributed by atoms with van der Waals surface area (Å²) >= 11 is 0. The molecule has 0 spiro atoms. The van der Waals surface area contributed by atoms with E-state index in [-0.39, 0.29) is 36.7 Å². The van der Waals surface area contributed by atoms with Crippen molar-refractivity contribution >= 4 is 21.4 Å². The molecule has 4 rings (SSSR count). The van der Waals surface area contributed by atoms with Crippen molar-refractivity contribution in [2.75, 3.05) is 23.6 Å². The Hall–Kier alpha value is -2.55. The summed E-state index contributed by atoms with van der Waals surface area (Å²) in [5, 5.41) is 7.36. The Labute approximate surface area is 157 Å². The molecule has 27 heavy (non-hydrogen) atoms. The first kappa shape index (κ1) is 17.8. The van der Waals surface area contributed by atoms with Gasteiger partial charge in [-0.3, -0.25) is 9.48 Å². The Balaban J connectivity index is 1.48. The molecule has 2 aliphatic heterocycles. The second kappa shape index (κ2) is 6.56. The van der Waals surface area contributed by atoms with Crippen molar-refractivity contribution in [2.24, 2.45) is 0 Å². The Kier molecular flexibility index (Phi) is 4.33. The minimum Gasteiger partial charge on any atom is -0.454 e. The minimum atomic E-state index is -2.99. The summed E-state index contributed by atoms with van der Waals surface area (Å²) < 4.78 is 35.9. The van der Waals surface area contributed by atoms with E-state index in [2.05, 4.69) is 10.4 Å². The summed E-state index contributed by atoms with van der Waals surface area (Å²) in [6.07, 6.45) is 0.735. The molecule has 9 heteroatoms. The first-order valence-corrected chi connectivity index (χ1v) is 10.6. The zero-order chi connectivity index (χ0) is 19.2. The molecule has 1 fully saturated rings. The van der Waals surface area contributed by atoms with Crippen LogP contribution < -0.4 is 14.8 Å². The zero-order valence-corrected chi connectivity index (χ0v) is 16.0. The van der Waals surface area contributed by atoms with E-state index in [1.807, 2.05) is 13.8 Å². The molecule has 1 atom stereocenters. The van der Waals surface area contributed by atoms with Crippen molar-refractivity contribution in [3.05, 3.63) is 35.2 Å². The van der Waals surface area contributed by atoms with Crippen molar-refractivity contribution in [3.8, 4) is 11.5 Å². The SMILES string of the molecule is Cc1nn(C2CCS(=O)(=O)C2)c(C)c1CC(=O)Nc1ccc2c(c1)OCO2. The molecule has 1 N–H and O–H groups in total.